The molecular weight excluding hydrogens is 355 g/mol. The summed E-state index contributed by atoms with van der Waals surface area (Å²) in [5, 5.41) is 10.0. The molecule has 0 aliphatic carbocycles. The summed E-state index contributed by atoms with van der Waals surface area (Å²) in [6, 6.07) is 14.1. The van der Waals surface area contributed by atoms with Gasteiger partial charge in [-0.15, -0.1) is 0 Å². The van der Waals surface area contributed by atoms with E-state index >= 15 is 0 Å². The van der Waals surface area contributed by atoms with E-state index in [0.717, 1.165) is 36.9 Å². The fourth-order valence-corrected chi connectivity index (χ4v) is 4.86. The zero-order valence-electron chi connectivity index (χ0n) is 16.3. The third-order valence-corrected chi connectivity index (χ3v) is 6.59. The first-order valence-electron chi connectivity index (χ1n) is 9.99. The highest BCUT2D eigenvalue weighted by atomic mass is 19.1. The second kappa shape index (κ2) is 7.64. The number of piperidine rings is 2. The van der Waals surface area contributed by atoms with E-state index in [4.69, 9.17) is 0 Å². The topological polar surface area (TPSA) is 43.8 Å². The van der Waals surface area contributed by atoms with Crippen LogP contribution < -0.4 is 0 Å². The zero-order chi connectivity index (χ0) is 19.7. The first kappa shape index (κ1) is 19.1. The molecule has 28 heavy (non-hydrogen) atoms. The molecule has 0 radical (unpaired) electrons. The molecule has 4 rings (SSSR count). The molecule has 2 heterocycles. The minimum atomic E-state index is -0.269. The number of likely N-dealkylation sites (N-methyl/N-ethyl adjacent to an activating group) is 1. The van der Waals surface area contributed by atoms with Crippen molar-refractivity contribution in [3.05, 3.63) is 59.9 Å². The van der Waals surface area contributed by atoms with Crippen LogP contribution in [0.4, 0.5) is 4.39 Å². The number of likely N-dealkylation sites (tertiary alicyclic amines) is 2. The highest BCUT2D eigenvalue weighted by Gasteiger charge is 2.47. The Morgan fingerprint density at radius 3 is 2.64 bits per heavy atom. The van der Waals surface area contributed by atoms with Crippen molar-refractivity contribution in [3.8, 4) is 11.1 Å². The summed E-state index contributed by atoms with van der Waals surface area (Å²) in [5.41, 5.74) is 2.26. The van der Waals surface area contributed by atoms with Crippen molar-refractivity contribution in [2.24, 2.45) is 5.41 Å². The van der Waals surface area contributed by atoms with Gasteiger partial charge in [0.25, 0.3) is 5.91 Å². The van der Waals surface area contributed by atoms with Gasteiger partial charge in [0.2, 0.25) is 0 Å². The molecule has 0 bridgehead atoms. The van der Waals surface area contributed by atoms with E-state index in [-0.39, 0.29) is 29.8 Å². The zero-order valence-corrected chi connectivity index (χ0v) is 16.3. The Hall–Kier alpha value is -2.24. The van der Waals surface area contributed by atoms with Gasteiger partial charge in [-0.3, -0.25) is 4.79 Å². The second-order valence-corrected chi connectivity index (χ2v) is 8.21. The average molecular weight is 382 g/mol. The van der Waals surface area contributed by atoms with Gasteiger partial charge in [-0.1, -0.05) is 24.3 Å². The summed E-state index contributed by atoms with van der Waals surface area (Å²) in [6.07, 6.45) is 2.97. The summed E-state index contributed by atoms with van der Waals surface area (Å²) >= 11 is 0. The minimum absolute atomic E-state index is 0.0244. The van der Waals surface area contributed by atoms with Crippen molar-refractivity contribution in [2.75, 3.05) is 33.3 Å². The smallest absolute Gasteiger partial charge is 0.253 e. The van der Waals surface area contributed by atoms with Crippen molar-refractivity contribution >= 4 is 5.91 Å². The number of amides is 1. The lowest BCUT2D eigenvalue weighted by molar-refractivity contribution is -0.0601. The Kier molecular flexibility index (Phi) is 5.21. The quantitative estimate of drug-likeness (QED) is 0.885. The summed E-state index contributed by atoms with van der Waals surface area (Å²) < 4.78 is 13.4. The Morgan fingerprint density at radius 1 is 1.14 bits per heavy atom. The number of rotatable bonds is 3. The number of benzene rings is 2. The predicted molar refractivity (Wildman–Crippen MR) is 108 cm³/mol. The summed E-state index contributed by atoms with van der Waals surface area (Å²) in [6.45, 7) is 2.53. The molecule has 1 N–H and O–H groups in total. The molecule has 5 heteroatoms. The van der Waals surface area contributed by atoms with E-state index in [0.29, 0.717) is 18.7 Å². The highest BCUT2D eigenvalue weighted by Crippen LogP contribution is 2.41. The van der Waals surface area contributed by atoms with Gasteiger partial charge in [-0.05, 0) is 68.2 Å². The number of carbonyl (C=O) groups is 1. The maximum Gasteiger partial charge on any atom is 0.253 e. The van der Waals surface area contributed by atoms with Crippen LogP contribution in [0.25, 0.3) is 11.1 Å². The molecule has 0 spiro atoms. The third kappa shape index (κ3) is 3.45. The lowest BCUT2D eigenvalue weighted by atomic mass is 9.69. The van der Waals surface area contributed by atoms with Crippen LogP contribution in [0.15, 0.2) is 48.5 Å². The molecule has 2 saturated heterocycles. The van der Waals surface area contributed by atoms with Crippen LogP contribution in [-0.2, 0) is 0 Å². The van der Waals surface area contributed by atoms with Crippen molar-refractivity contribution < 1.29 is 14.3 Å². The molecule has 4 nitrogen and oxygen atoms in total. The Bertz CT molecular complexity index is 854. The fraction of sp³-hybridized carbons (Fsp3) is 0.435. The molecule has 2 aromatic rings. The number of nitrogens with zero attached hydrogens (tertiary/aromatic N) is 2. The van der Waals surface area contributed by atoms with Crippen LogP contribution in [0.3, 0.4) is 0 Å². The van der Waals surface area contributed by atoms with Crippen LogP contribution >= 0.6 is 0 Å². The number of fused-ring (bicyclic) bond motifs is 1. The fourth-order valence-electron chi connectivity index (χ4n) is 4.86. The van der Waals surface area contributed by atoms with E-state index < -0.39 is 0 Å². The maximum absolute atomic E-state index is 13.4. The Balaban J connectivity index is 1.50. The molecule has 2 aliphatic heterocycles. The average Bonchev–Trinajstić information content (AvgIpc) is 2.73. The molecule has 0 aromatic heterocycles. The van der Waals surface area contributed by atoms with Crippen LogP contribution in [-0.4, -0.2) is 60.1 Å². The lowest BCUT2D eigenvalue weighted by Gasteiger charge is -2.53. The van der Waals surface area contributed by atoms with Crippen LogP contribution in [0.1, 0.15) is 29.6 Å². The van der Waals surface area contributed by atoms with Gasteiger partial charge in [0.05, 0.1) is 6.61 Å². The van der Waals surface area contributed by atoms with Crippen molar-refractivity contribution in [3.63, 3.8) is 0 Å². The third-order valence-electron chi connectivity index (χ3n) is 6.59. The van der Waals surface area contributed by atoms with Gasteiger partial charge in [-0.25, -0.2) is 4.39 Å². The summed E-state index contributed by atoms with van der Waals surface area (Å²) in [4.78, 5) is 17.3. The molecule has 1 amide bonds. The van der Waals surface area contributed by atoms with E-state index in [9.17, 15) is 14.3 Å². The van der Waals surface area contributed by atoms with E-state index in [1.807, 2.05) is 35.2 Å². The van der Waals surface area contributed by atoms with Gasteiger partial charge in [0.1, 0.15) is 5.82 Å². The second-order valence-electron chi connectivity index (χ2n) is 8.21. The first-order chi connectivity index (χ1) is 13.5. The van der Waals surface area contributed by atoms with Crippen molar-refractivity contribution in [1.82, 2.24) is 9.80 Å². The number of halogens is 1. The number of aliphatic hydroxyl groups is 1. The van der Waals surface area contributed by atoms with Crippen molar-refractivity contribution in [2.45, 2.75) is 25.3 Å². The lowest BCUT2D eigenvalue weighted by Crippen LogP contribution is -2.62. The summed E-state index contributed by atoms with van der Waals surface area (Å²) in [7, 11) is 2.09. The maximum atomic E-state index is 13.4. The minimum Gasteiger partial charge on any atom is -0.396 e. The number of hydrogen-bond donors (Lipinski definition) is 1. The van der Waals surface area contributed by atoms with Gasteiger partial charge in [0.15, 0.2) is 0 Å². The van der Waals surface area contributed by atoms with Crippen LogP contribution in [0.2, 0.25) is 0 Å². The molecule has 2 atom stereocenters. The molecule has 2 aromatic carbocycles. The van der Waals surface area contributed by atoms with Crippen LogP contribution in [0, 0.1) is 11.2 Å². The molecule has 148 valence electrons. The van der Waals surface area contributed by atoms with E-state index in [1.165, 1.54) is 12.1 Å². The highest BCUT2D eigenvalue weighted by molar-refractivity contribution is 5.94. The SMILES string of the molecule is CN1CCC[C@]2(CO)CCN(C(=O)c3ccc(-c4cccc(F)c4)cc3)C[C@@H]12. The van der Waals surface area contributed by atoms with Gasteiger partial charge in [0, 0.05) is 30.1 Å². The largest absolute Gasteiger partial charge is 0.396 e. The molecule has 0 unspecified atom stereocenters. The van der Waals surface area contributed by atoms with Gasteiger partial charge in [-0.2, -0.15) is 0 Å². The van der Waals surface area contributed by atoms with E-state index in [1.54, 1.807) is 6.07 Å². The molecule has 2 aliphatic rings. The van der Waals surface area contributed by atoms with Crippen molar-refractivity contribution in [1.29, 1.82) is 0 Å². The standard InChI is InChI=1S/C23H27FN2O2/c1-25-12-3-10-23(16-27)11-13-26(15-21(23)25)22(28)18-8-6-17(7-9-18)19-4-2-5-20(24)14-19/h2,4-9,14,21,27H,3,10-13,15-16H2,1H3/t21-,23-/m1/s1. The van der Waals surface area contributed by atoms with Crippen LogP contribution in [0.5, 0.6) is 0 Å². The predicted octanol–water partition coefficient (Wildman–Crippen LogP) is 3.41. The van der Waals surface area contributed by atoms with Gasteiger partial charge >= 0.3 is 0 Å². The Labute approximate surface area is 165 Å². The Morgan fingerprint density at radius 2 is 1.93 bits per heavy atom. The normalized spacial score (nSPS) is 25.4. The van der Waals surface area contributed by atoms with Gasteiger partial charge < -0.3 is 14.9 Å². The van der Waals surface area contributed by atoms with E-state index in [2.05, 4.69) is 11.9 Å². The summed E-state index contributed by atoms with van der Waals surface area (Å²) in [5.74, 6) is -0.244. The molecule has 2 fully saturated rings. The number of aliphatic hydroxyl groups excluding tert-OH is 1. The molecule has 0 saturated carbocycles. The monoisotopic (exact) mass is 382 g/mol. The molecular formula is C23H27FN2O2. The number of carbonyl (C=O) groups excluding carboxylic acids is 1. The number of hydrogen-bond acceptors (Lipinski definition) is 3. The first-order valence-corrected chi connectivity index (χ1v) is 9.99.